The largest absolute Gasteiger partial charge is 0.390 e. The maximum absolute atomic E-state index is 11.8. The molecule has 0 aromatic rings. The number of aliphatic hydroxyl groups is 3. The number of rotatable bonds is 6. The van der Waals surface area contributed by atoms with Crippen molar-refractivity contribution < 1.29 is 23.2 Å². The monoisotopic (exact) mass is 360 g/mol. The maximum Gasteiger partial charge on any atom is 0.169 e. The van der Waals surface area contributed by atoms with Crippen molar-refractivity contribution in [2.24, 2.45) is 5.41 Å². The Bertz CT molecular complexity index is 251. The van der Waals surface area contributed by atoms with Gasteiger partial charge in [0.15, 0.2) is 5.78 Å². The third-order valence-electron chi connectivity index (χ3n) is 2.57. The summed E-state index contributed by atoms with van der Waals surface area (Å²) in [6.07, 6.45) is -4.54. The fourth-order valence-electron chi connectivity index (χ4n) is 1.35. The highest BCUT2D eigenvalue weighted by atomic mass is 127. The van der Waals surface area contributed by atoms with E-state index >= 15 is 0 Å². The third-order valence-corrected chi connectivity index (χ3v) is 3.16. The van der Waals surface area contributed by atoms with Crippen LogP contribution in [0.1, 0.15) is 34.1 Å². The molecule has 17 heavy (non-hydrogen) atoms. The van der Waals surface area contributed by atoms with Gasteiger partial charge in [-0.1, -0.05) is 27.7 Å². The van der Waals surface area contributed by atoms with Gasteiger partial charge in [0.1, 0.15) is 41.3 Å². The molecule has 0 saturated heterocycles. The second kappa shape index (κ2) is 6.98. The molecule has 102 valence electrons. The predicted molar refractivity (Wildman–Crippen MR) is 71.7 cm³/mol. The molecule has 4 unspecified atom stereocenters. The first-order valence-electron chi connectivity index (χ1n) is 5.52. The number of halogens is 1. The van der Waals surface area contributed by atoms with E-state index < -0.39 is 35.6 Å². The quantitative estimate of drug-likeness (QED) is 0.611. The molecule has 0 aliphatic heterocycles. The summed E-state index contributed by atoms with van der Waals surface area (Å²) < 4.78 is 4.91. The average molecular weight is 360 g/mol. The van der Waals surface area contributed by atoms with Crippen LogP contribution in [0.25, 0.3) is 0 Å². The van der Waals surface area contributed by atoms with Gasteiger partial charge in [0, 0.05) is 5.41 Å². The van der Waals surface area contributed by atoms with Gasteiger partial charge in [-0.15, -0.1) is 0 Å². The molecular weight excluding hydrogens is 339 g/mol. The van der Waals surface area contributed by atoms with Crippen LogP contribution >= 0.6 is 23.0 Å². The topological polar surface area (TPSA) is 87.0 Å². The Morgan fingerprint density at radius 3 is 2.06 bits per heavy atom. The van der Waals surface area contributed by atoms with Gasteiger partial charge in [0.2, 0.25) is 0 Å². The summed E-state index contributed by atoms with van der Waals surface area (Å²) in [7, 11) is 0. The van der Waals surface area contributed by atoms with Gasteiger partial charge in [-0.05, 0) is 6.42 Å². The van der Waals surface area contributed by atoms with Crippen molar-refractivity contribution in [2.45, 2.75) is 58.5 Å². The van der Waals surface area contributed by atoms with Crippen LogP contribution in [0.4, 0.5) is 0 Å². The van der Waals surface area contributed by atoms with E-state index in [1.54, 1.807) is 27.7 Å². The molecule has 0 rings (SSSR count). The average Bonchev–Trinajstić information content (AvgIpc) is 2.26. The van der Waals surface area contributed by atoms with E-state index in [1.165, 1.54) is 23.0 Å². The second-order valence-electron chi connectivity index (χ2n) is 5.08. The molecule has 5 nitrogen and oxygen atoms in total. The molecule has 0 amide bonds. The normalized spacial score (nSPS) is 19.5. The number of aliphatic hydroxyl groups excluding tert-OH is 3. The Morgan fingerprint density at radius 1 is 1.29 bits per heavy atom. The van der Waals surface area contributed by atoms with E-state index in [-0.39, 0.29) is 0 Å². The lowest BCUT2D eigenvalue weighted by atomic mass is 9.84. The molecule has 0 heterocycles. The van der Waals surface area contributed by atoms with E-state index in [2.05, 4.69) is 0 Å². The minimum Gasteiger partial charge on any atom is -0.390 e. The highest BCUT2D eigenvalue weighted by molar-refractivity contribution is 14.1. The first-order valence-corrected chi connectivity index (χ1v) is 6.40. The zero-order valence-corrected chi connectivity index (χ0v) is 12.7. The van der Waals surface area contributed by atoms with Gasteiger partial charge >= 0.3 is 0 Å². The van der Waals surface area contributed by atoms with Gasteiger partial charge in [0.05, 0.1) is 6.10 Å². The van der Waals surface area contributed by atoms with Crippen molar-refractivity contribution in [3.8, 4) is 0 Å². The van der Waals surface area contributed by atoms with Crippen molar-refractivity contribution >= 4 is 28.8 Å². The first-order chi connectivity index (χ1) is 7.66. The van der Waals surface area contributed by atoms with E-state index in [4.69, 9.17) is 3.07 Å². The molecule has 0 aliphatic rings. The number of Topliss-reactive ketones (excluding diaryl/α,β-unsaturated/α-hetero) is 1. The molecule has 6 heteroatoms. The van der Waals surface area contributed by atoms with Crippen molar-refractivity contribution in [2.75, 3.05) is 0 Å². The summed E-state index contributed by atoms with van der Waals surface area (Å²) in [6, 6.07) is 0. The number of carbonyl (C=O) groups is 1. The molecular formula is C11H21IO5. The molecule has 0 aromatic heterocycles. The molecule has 0 aliphatic carbocycles. The van der Waals surface area contributed by atoms with Crippen LogP contribution in [0.5, 0.6) is 0 Å². The van der Waals surface area contributed by atoms with E-state index in [0.717, 1.165) is 0 Å². The lowest BCUT2D eigenvalue weighted by Crippen LogP contribution is -2.50. The maximum atomic E-state index is 11.8. The van der Waals surface area contributed by atoms with Gasteiger partial charge in [-0.3, -0.25) is 4.79 Å². The molecule has 0 spiro atoms. The summed E-state index contributed by atoms with van der Waals surface area (Å²) in [5, 5.41) is 29.2. The smallest absolute Gasteiger partial charge is 0.169 e. The van der Waals surface area contributed by atoms with Crippen molar-refractivity contribution in [3.63, 3.8) is 0 Å². The zero-order chi connectivity index (χ0) is 13.8. The molecule has 0 saturated carbocycles. The van der Waals surface area contributed by atoms with Gasteiger partial charge in [-0.25, -0.2) is 0 Å². The number of carbonyl (C=O) groups excluding carboxylic acids is 1. The fraction of sp³-hybridized carbons (Fsp3) is 0.909. The molecule has 0 aromatic carbocycles. The van der Waals surface area contributed by atoms with E-state index in [9.17, 15) is 20.1 Å². The number of hydrogen-bond acceptors (Lipinski definition) is 5. The summed E-state index contributed by atoms with van der Waals surface area (Å²) in [5.41, 5.74) is -0.757. The van der Waals surface area contributed by atoms with E-state index in [0.29, 0.717) is 6.42 Å². The lowest BCUT2D eigenvalue weighted by molar-refractivity contribution is -0.147. The fourth-order valence-corrected chi connectivity index (χ4v) is 1.99. The Balaban J connectivity index is 4.78. The Hall–Kier alpha value is 0.240. The Morgan fingerprint density at radius 2 is 1.76 bits per heavy atom. The molecule has 4 atom stereocenters. The molecule has 0 fully saturated rings. The van der Waals surface area contributed by atoms with Crippen molar-refractivity contribution in [1.29, 1.82) is 0 Å². The molecule has 3 N–H and O–H groups in total. The Kier molecular flexibility index (Phi) is 7.08. The standard InChI is InChI=1S/C11H21IO5/c1-5-6(13)9(17-12)7(14)8(15)10(16)11(2,3)4/h6-9,13-15H,5H2,1-4H3. The number of hydrogen-bond donors (Lipinski definition) is 3. The molecule has 0 bridgehead atoms. The van der Waals surface area contributed by atoms with Gasteiger partial charge < -0.3 is 18.4 Å². The summed E-state index contributed by atoms with van der Waals surface area (Å²) in [6.45, 7) is 6.68. The summed E-state index contributed by atoms with van der Waals surface area (Å²) in [4.78, 5) is 11.8. The third kappa shape index (κ3) is 4.78. The van der Waals surface area contributed by atoms with Crippen LogP contribution in [0.2, 0.25) is 0 Å². The SMILES string of the molecule is CCC(O)C(OI)C(O)C(O)C(=O)C(C)(C)C. The second-order valence-corrected chi connectivity index (χ2v) is 5.59. The van der Waals surface area contributed by atoms with Crippen molar-refractivity contribution in [3.05, 3.63) is 0 Å². The van der Waals surface area contributed by atoms with Crippen LogP contribution in [0.15, 0.2) is 0 Å². The van der Waals surface area contributed by atoms with Crippen LogP contribution in [0, 0.1) is 5.41 Å². The summed E-state index contributed by atoms with van der Waals surface area (Å²) >= 11 is 1.54. The molecule has 0 radical (unpaired) electrons. The van der Waals surface area contributed by atoms with Crippen LogP contribution < -0.4 is 0 Å². The van der Waals surface area contributed by atoms with E-state index in [1.807, 2.05) is 0 Å². The zero-order valence-electron chi connectivity index (χ0n) is 10.6. The van der Waals surface area contributed by atoms with Crippen LogP contribution in [0.3, 0.4) is 0 Å². The van der Waals surface area contributed by atoms with Gasteiger partial charge in [0.25, 0.3) is 0 Å². The predicted octanol–water partition coefficient (Wildman–Crippen LogP) is 0.829. The summed E-state index contributed by atoms with van der Waals surface area (Å²) in [5.74, 6) is -0.480. The minimum atomic E-state index is -1.56. The lowest BCUT2D eigenvalue weighted by Gasteiger charge is -2.30. The van der Waals surface area contributed by atoms with Crippen LogP contribution in [-0.2, 0) is 7.86 Å². The highest BCUT2D eigenvalue weighted by Gasteiger charge is 2.39. The Labute approximate surface area is 116 Å². The number of ketones is 1. The van der Waals surface area contributed by atoms with Crippen LogP contribution in [-0.4, -0.2) is 45.5 Å². The first kappa shape index (κ1) is 17.2. The van der Waals surface area contributed by atoms with Crippen molar-refractivity contribution in [1.82, 2.24) is 0 Å². The van der Waals surface area contributed by atoms with Gasteiger partial charge in [-0.2, -0.15) is 0 Å². The minimum absolute atomic E-state index is 0.362. The highest BCUT2D eigenvalue weighted by Crippen LogP contribution is 2.22.